The lowest BCUT2D eigenvalue weighted by Crippen LogP contribution is -2.48. The number of hydrogen-bond acceptors (Lipinski definition) is 6. The lowest BCUT2D eigenvalue weighted by Gasteiger charge is -2.35. The first-order valence-electron chi connectivity index (χ1n) is 13.9. The van der Waals surface area contributed by atoms with Gasteiger partial charge in [0.1, 0.15) is 16.5 Å². The Hall–Kier alpha value is -4.54. The molecule has 5 rings (SSSR count). The quantitative estimate of drug-likeness (QED) is 0.239. The Labute approximate surface area is 251 Å². The number of piperazine rings is 1. The Balaban J connectivity index is 1.24. The van der Waals surface area contributed by atoms with Crippen LogP contribution in [0.4, 0.5) is 15.8 Å². The maximum atomic E-state index is 14.4. The van der Waals surface area contributed by atoms with Crippen molar-refractivity contribution in [3.63, 3.8) is 0 Å². The molecule has 0 atom stereocenters. The molecule has 0 aromatic heterocycles. The maximum absolute atomic E-state index is 14.4. The second-order valence-electron chi connectivity index (χ2n) is 10.1. The second-order valence-corrected chi connectivity index (χ2v) is 11.8. The molecule has 8 nitrogen and oxygen atoms in total. The fraction of sp³-hybridized carbons (Fsp3) is 0.212. The Bertz CT molecular complexity index is 1720. The van der Waals surface area contributed by atoms with E-state index in [9.17, 15) is 17.6 Å². The molecule has 0 unspecified atom stereocenters. The summed E-state index contributed by atoms with van der Waals surface area (Å²) in [5.41, 5.74) is 3.29. The number of hydrogen-bond donors (Lipinski definition) is 1. The third-order valence-corrected chi connectivity index (χ3v) is 8.74. The molecule has 1 amide bonds. The number of benzene rings is 4. The van der Waals surface area contributed by atoms with Crippen LogP contribution in [0, 0.1) is 5.82 Å². The van der Waals surface area contributed by atoms with Crippen LogP contribution in [0.1, 0.15) is 22.8 Å². The SMILES string of the molecule is CC=Nc1c(-c2ccccc2)cccc1S(=O)(=O)Nc1ccc(C(=O)N2CCN(Cc3ccc(OC)cc3F)CC2)cc1. The van der Waals surface area contributed by atoms with Crippen molar-refractivity contribution in [3.05, 3.63) is 108 Å². The van der Waals surface area contributed by atoms with Crippen molar-refractivity contribution in [1.82, 2.24) is 9.80 Å². The normalized spacial score (nSPS) is 14.2. The highest BCUT2D eigenvalue weighted by Gasteiger charge is 2.24. The van der Waals surface area contributed by atoms with E-state index in [0.717, 1.165) is 5.56 Å². The number of aliphatic imine (C=N–C) groups is 1. The number of carbonyl (C=O) groups is 1. The summed E-state index contributed by atoms with van der Waals surface area (Å²) in [5.74, 6) is 0.0229. The molecule has 0 saturated carbocycles. The predicted octanol–water partition coefficient (Wildman–Crippen LogP) is 5.98. The van der Waals surface area contributed by atoms with Gasteiger partial charge >= 0.3 is 0 Å². The molecule has 1 heterocycles. The Morgan fingerprint density at radius 3 is 2.33 bits per heavy atom. The highest BCUT2D eigenvalue weighted by Crippen LogP contribution is 2.36. The van der Waals surface area contributed by atoms with Gasteiger partial charge in [-0.2, -0.15) is 0 Å². The number of para-hydroxylation sites is 1. The average Bonchev–Trinajstić information content (AvgIpc) is 3.03. The molecule has 1 aliphatic rings. The second kappa shape index (κ2) is 13.2. The van der Waals surface area contributed by atoms with Crippen molar-refractivity contribution in [3.8, 4) is 16.9 Å². The Morgan fingerprint density at radius 1 is 0.953 bits per heavy atom. The number of ether oxygens (including phenoxy) is 1. The molecule has 222 valence electrons. The van der Waals surface area contributed by atoms with Crippen molar-refractivity contribution >= 4 is 33.5 Å². The first kappa shape index (κ1) is 29.9. The predicted molar refractivity (Wildman–Crippen MR) is 167 cm³/mol. The number of halogens is 1. The standard InChI is InChI=1S/C33H33FN4O4S/c1-3-35-32-29(24-8-5-4-6-9-24)10-7-11-31(32)43(40,41)36-27-15-12-25(13-16-27)33(39)38-20-18-37(19-21-38)23-26-14-17-28(42-2)22-30(26)34/h3-17,22,36H,18-21,23H2,1-2H3. The van der Waals surface area contributed by atoms with E-state index in [1.165, 1.54) is 19.2 Å². The van der Waals surface area contributed by atoms with Crippen LogP contribution in [0.2, 0.25) is 0 Å². The van der Waals surface area contributed by atoms with Gasteiger partial charge in [0.05, 0.1) is 12.8 Å². The summed E-state index contributed by atoms with van der Waals surface area (Å²) in [7, 11) is -2.49. The van der Waals surface area contributed by atoms with Gasteiger partial charge in [0.25, 0.3) is 15.9 Å². The minimum atomic E-state index is -3.99. The van der Waals surface area contributed by atoms with Crippen LogP contribution < -0.4 is 9.46 Å². The monoisotopic (exact) mass is 600 g/mol. The summed E-state index contributed by atoms with van der Waals surface area (Å²) in [6.45, 7) is 4.42. The van der Waals surface area contributed by atoms with Gasteiger partial charge in [0.2, 0.25) is 0 Å². The molecule has 0 radical (unpaired) electrons. The van der Waals surface area contributed by atoms with E-state index in [1.807, 2.05) is 36.4 Å². The van der Waals surface area contributed by atoms with Crippen LogP contribution in [-0.4, -0.2) is 63.6 Å². The van der Waals surface area contributed by atoms with E-state index in [1.54, 1.807) is 60.5 Å². The molecular weight excluding hydrogens is 567 g/mol. The van der Waals surface area contributed by atoms with E-state index in [-0.39, 0.29) is 16.6 Å². The van der Waals surface area contributed by atoms with Crippen LogP contribution >= 0.6 is 0 Å². The molecule has 43 heavy (non-hydrogen) atoms. The van der Waals surface area contributed by atoms with Gasteiger partial charge < -0.3 is 9.64 Å². The molecule has 4 aromatic rings. The zero-order valence-electron chi connectivity index (χ0n) is 24.0. The number of anilines is 1. The van der Waals surface area contributed by atoms with Crippen molar-refractivity contribution in [1.29, 1.82) is 0 Å². The lowest BCUT2D eigenvalue weighted by atomic mass is 10.0. The first-order chi connectivity index (χ1) is 20.8. The van der Waals surface area contributed by atoms with E-state index in [4.69, 9.17) is 4.74 Å². The number of methoxy groups -OCH3 is 1. The van der Waals surface area contributed by atoms with Crippen molar-refractivity contribution in [2.45, 2.75) is 18.4 Å². The summed E-state index contributed by atoms with van der Waals surface area (Å²) < 4.78 is 49.0. The molecule has 0 aliphatic carbocycles. The molecule has 0 bridgehead atoms. The van der Waals surface area contributed by atoms with E-state index >= 15 is 0 Å². The molecule has 4 aromatic carbocycles. The Kier molecular flexibility index (Phi) is 9.18. The molecule has 10 heteroatoms. The topological polar surface area (TPSA) is 91.3 Å². The number of rotatable bonds is 9. The number of nitrogens with zero attached hydrogens (tertiary/aromatic N) is 3. The van der Waals surface area contributed by atoms with Gasteiger partial charge in [-0.25, -0.2) is 12.8 Å². The summed E-state index contributed by atoms with van der Waals surface area (Å²) in [6.07, 6.45) is 1.57. The van der Waals surface area contributed by atoms with Gasteiger partial charge in [-0.3, -0.25) is 19.4 Å². The van der Waals surface area contributed by atoms with Gasteiger partial charge in [0, 0.05) is 67.4 Å². The fourth-order valence-electron chi connectivity index (χ4n) is 5.06. The highest BCUT2D eigenvalue weighted by atomic mass is 32.2. The third kappa shape index (κ3) is 6.93. The maximum Gasteiger partial charge on any atom is 0.264 e. The van der Waals surface area contributed by atoms with Gasteiger partial charge in [-0.05, 0) is 48.9 Å². The zero-order chi connectivity index (χ0) is 30.4. The summed E-state index contributed by atoms with van der Waals surface area (Å²) in [5, 5.41) is 0. The summed E-state index contributed by atoms with van der Waals surface area (Å²) in [4.78, 5) is 21.5. The van der Waals surface area contributed by atoms with E-state index in [0.29, 0.717) is 66.5 Å². The van der Waals surface area contributed by atoms with Gasteiger partial charge in [0.15, 0.2) is 0 Å². The van der Waals surface area contributed by atoms with Crippen LogP contribution in [0.15, 0.2) is 101 Å². The summed E-state index contributed by atoms with van der Waals surface area (Å²) in [6, 6.07) is 25.8. The van der Waals surface area contributed by atoms with E-state index in [2.05, 4.69) is 14.6 Å². The van der Waals surface area contributed by atoms with Gasteiger partial charge in [-0.15, -0.1) is 0 Å². The molecular formula is C33H33FN4O4S. The van der Waals surface area contributed by atoms with Crippen LogP contribution in [0.3, 0.4) is 0 Å². The minimum absolute atomic E-state index is 0.0551. The average molecular weight is 601 g/mol. The zero-order valence-corrected chi connectivity index (χ0v) is 24.9. The highest BCUT2D eigenvalue weighted by molar-refractivity contribution is 7.92. The smallest absolute Gasteiger partial charge is 0.264 e. The van der Waals surface area contributed by atoms with Crippen molar-refractivity contribution in [2.24, 2.45) is 4.99 Å². The van der Waals surface area contributed by atoms with Crippen molar-refractivity contribution in [2.75, 3.05) is 38.0 Å². The number of sulfonamides is 1. The minimum Gasteiger partial charge on any atom is -0.497 e. The van der Waals surface area contributed by atoms with Gasteiger partial charge in [-0.1, -0.05) is 48.5 Å². The van der Waals surface area contributed by atoms with Crippen LogP contribution in [0.5, 0.6) is 5.75 Å². The largest absolute Gasteiger partial charge is 0.497 e. The number of amides is 1. The summed E-state index contributed by atoms with van der Waals surface area (Å²) >= 11 is 0. The van der Waals surface area contributed by atoms with Crippen LogP contribution in [-0.2, 0) is 16.6 Å². The lowest BCUT2D eigenvalue weighted by molar-refractivity contribution is 0.0627. The van der Waals surface area contributed by atoms with Crippen molar-refractivity contribution < 1.29 is 22.3 Å². The van der Waals surface area contributed by atoms with Crippen LogP contribution in [0.25, 0.3) is 11.1 Å². The molecule has 1 aliphatic heterocycles. The molecule has 1 N–H and O–H groups in total. The number of carbonyl (C=O) groups excluding carboxylic acids is 1. The third-order valence-electron chi connectivity index (χ3n) is 7.33. The molecule has 1 saturated heterocycles. The Morgan fingerprint density at radius 2 is 1.67 bits per heavy atom. The first-order valence-corrected chi connectivity index (χ1v) is 15.4. The molecule has 0 spiro atoms. The fourth-order valence-corrected chi connectivity index (χ4v) is 6.29. The van der Waals surface area contributed by atoms with E-state index < -0.39 is 10.0 Å². The molecule has 1 fully saturated rings. The number of nitrogens with one attached hydrogen (secondary N) is 1.